The highest BCUT2D eigenvalue weighted by molar-refractivity contribution is 5.65. The monoisotopic (exact) mass is 431 g/mol. The standard InChI is InChI=1S/C25H25F4NO/c1-3-7-16(2)18-10-11-22(20(12-18)17-8-5-4-6-9-17)25(28,29)31-19-13-23(26)21(15-30)24(27)14-19/h7,10-14,17H,3-6,8-9H2,1-2H3/b16-7-. The van der Waals surface area contributed by atoms with Gasteiger partial charge >= 0.3 is 6.11 Å². The Morgan fingerprint density at radius 1 is 1.13 bits per heavy atom. The van der Waals surface area contributed by atoms with E-state index < -0.39 is 29.1 Å². The Bertz CT molecular complexity index is 994. The molecule has 2 aromatic carbocycles. The van der Waals surface area contributed by atoms with Gasteiger partial charge in [-0.05, 0) is 54.9 Å². The van der Waals surface area contributed by atoms with Crippen LogP contribution < -0.4 is 4.74 Å². The first-order chi connectivity index (χ1) is 14.8. The highest BCUT2D eigenvalue weighted by Crippen LogP contribution is 2.42. The van der Waals surface area contributed by atoms with Gasteiger partial charge in [-0.2, -0.15) is 14.0 Å². The summed E-state index contributed by atoms with van der Waals surface area (Å²) in [5.74, 6) is -3.17. The van der Waals surface area contributed by atoms with Crippen LogP contribution in [0.25, 0.3) is 5.57 Å². The molecule has 2 nitrogen and oxygen atoms in total. The van der Waals surface area contributed by atoms with Gasteiger partial charge in [0.2, 0.25) is 0 Å². The molecule has 6 heteroatoms. The molecule has 1 aliphatic carbocycles. The number of benzene rings is 2. The second-order valence-corrected chi connectivity index (χ2v) is 7.92. The number of alkyl halides is 2. The van der Waals surface area contributed by atoms with E-state index in [4.69, 9.17) is 10.00 Å². The smallest absolute Gasteiger partial charge is 0.426 e. The SMILES string of the molecule is CC/C=C(/C)c1ccc(C(F)(F)Oc2cc(F)c(C#N)c(F)c2)c(C2CCCCC2)c1. The lowest BCUT2D eigenvalue weighted by atomic mass is 9.80. The molecule has 164 valence electrons. The van der Waals surface area contributed by atoms with Gasteiger partial charge in [-0.1, -0.05) is 44.4 Å². The van der Waals surface area contributed by atoms with Gasteiger partial charge < -0.3 is 4.74 Å². The fraction of sp³-hybridized carbons (Fsp3) is 0.400. The van der Waals surface area contributed by atoms with E-state index in [1.807, 2.05) is 19.9 Å². The van der Waals surface area contributed by atoms with Crippen LogP contribution in [0, 0.1) is 23.0 Å². The van der Waals surface area contributed by atoms with Crippen molar-refractivity contribution in [1.82, 2.24) is 0 Å². The highest BCUT2D eigenvalue weighted by Gasteiger charge is 2.39. The summed E-state index contributed by atoms with van der Waals surface area (Å²) in [6, 6.07) is 7.36. The van der Waals surface area contributed by atoms with Crippen molar-refractivity contribution < 1.29 is 22.3 Å². The van der Waals surface area contributed by atoms with Crippen LogP contribution in [0.2, 0.25) is 0 Å². The number of nitriles is 1. The van der Waals surface area contributed by atoms with Crippen molar-refractivity contribution in [2.24, 2.45) is 0 Å². The minimum Gasteiger partial charge on any atom is -0.429 e. The first-order valence-corrected chi connectivity index (χ1v) is 10.5. The van der Waals surface area contributed by atoms with Crippen molar-refractivity contribution >= 4 is 5.57 Å². The predicted octanol–water partition coefficient (Wildman–Crippen LogP) is 7.83. The summed E-state index contributed by atoms with van der Waals surface area (Å²) in [4.78, 5) is 0. The zero-order valence-electron chi connectivity index (χ0n) is 17.7. The summed E-state index contributed by atoms with van der Waals surface area (Å²) in [5, 5.41) is 8.77. The van der Waals surface area contributed by atoms with Crippen molar-refractivity contribution in [3.05, 3.63) is 70.3 Å². The number of rotatable bonds is 6. The molecule has 0 unspecified atom stereocenters. The molecular weight excluding hydrogens is 406 g/mol. The fourth-order valence-electron chi connectivity index (χ4n) is 4.17. The van der Waals surface area contributed by atoms with Gasteiger partial charge in [0.15, 0.2) is 0 Å². The van der Waals surface area contributed by atoms with Crippen LogP contribution in [0.15, 0.2) is 36.4 Å². The van der Waals surface area contributed by atoms with Gasteiger partial charge in [-0.15, -0.1) is 0 Å². The van der Waals surface area contributed by atoms with Gasteiger partial charge in [0.1, 0.15) is 29.0 Å². The highest BCUT2D eigenvalue weighted by atomic mass is 19.3. The third-order valence-electron chi connectivity index (χ3n) is 5.75. The third-order valence-corrected chi connectivity index (χ3v) is 5.75. The molecular formula is C25H25F4NO. The molecule has 31 heavy (non-hydrogen) atoms. The van der Waals surface area contributed by atoms with Gasteiger partial charge in [0.05, 0.1) is 5.56 Å². The summed E-state index contributed by atoms with van der Waals surface area (Å²) < 4.78 is 63.0. The Labute approximate surface area is 180 Å². The second-order valence-electron chi connectivity index (χ2n) is 7.92. The first-order valence-electron chi connectivity index (χ1n) is 10.5. The molecule has 3 rings (SSSR count). The van der Waals surface area contributed by atoms with Gasteiger partial charge in [-0.3, -0.25) is 0 Å². The molecule has 0 spiro atoms. The molecule has 0 atom stereocenters. The van der Waals surface area contributed by atoms with E-state index in [0.29, 0.717) is 17.7 Å². The minimum absolute atomic E-state index is 0.0259. The maximum absolute atomic E-state index is 15.2. The van der Waals surface area contributed by atoms with Crippen LogP contribution in [-0.2, 0) is 6.11 Å². The molecule has 0 N–H and O–H groups in total. The number of halogens is 4. The van der Waals surface area contributed by atoms with Crippen LogP contribution in [0.1, 0.15) is 80.5 Å². The zero-order valence-corrected chi connectivity index (χ0v) is 17.7. The predicted molar refractivity (Wildman–Crippen MR) is 112 cm³/mol. The molecule has 0 radical (unpaired) electrons. The Hall–Kier alpha value is -2.81. The lowest BCUT2D eigenvalue weighted by Gasteiger charge is -2.28. The molecule has 0 saturated heterocycles. The summed E-state index contributed by atoms with van der Waals surface area (Å²) in [5.41, 5.74) is 1.27. The summed E-state index contributed by atoms with van der Waals surface area (Å²) in [7, 11) is 0. The number of hydrogen-bond donors (Lipinski definition) is 0. The van der Waals surface area contributed by atoms with E-state index >= 15 is 8.78 Å². The molecule has 2 aromatic rings. The van der Waals surface area contributed by atoms with E-state index in [9.17, 15) is 8.78 Å². The van der Waals surface area contributed by atoms with Crippen LogP contribution >= 0.6 is 0 Å². The van der Waals surface area contributed by atoms with Crippen molar-refractivity contribution in [2.75, 3.05) is 0 Å². The Morgan fingerprint density at radius 2 is 1.77 bits per heavy atom. The largest absolute Gasteiger partial charge is 0.429 e. The van der Waals surface area contributed by atoms with Gasteiger partial charge in [-0.25, -0.2) is 8.78 Å². The molecule has 0 bridgehead atoms. The lowest BCUT2D eigenvalue weighted by molar-refractivity contribution is -0.186. The molecule has 0 heterocycles. The van der Waals surface area contributed by atoms with E-state index in [0.717, 1.165) is 49.7 Å². The maximum Gasteiger partial charge on any atom is 0.426 e. The van der Waals surface area contributed by atoms with Crippen LogP contribution in [0.4, 0.5) is 17.6 Å². The summed E-state index contributed by atoms with van der Waals surface area (Å²) in [6.45, 7) is 3.96. The summed E-state index contributed by atoms with van der Waals surface area (Å²) >= 11 is 0. The Balaban J connectivity index is 2.03. The van der Waals surface area contributed by atoms with E-state index in [1.165, 1.54) is 12.1 Å². The average Bonchev–Trinajstić information content (AvgIpc) is 2.73. The Morgan fingerprint density at radius 3 is 2.35 bits per heavy atom. The molecule has 1 fully saturated rings. The lowest BCUT2D eigenvalue weighted by Crippen LogP contribution is -2.25. The number of allylic oxidation sites excluding steroid dienone is 2. The Kier molecular flexibility index (Phi) is 7.04. The van der Waals surface area contributed by atoms with Crippen molar-refractivity contribution in [2.45, 2.75) is 64.4 Å². The van der Waals surface area contributed by atoms with Gasteiger partial charge in [0, 0.05) is 12.1 Å². The van der Waals surface area contributed by atoms with Gasteiger partial charge in [0.25, 0.3) is 0 Å². The topological polar surface area (TPSA) is 33.0 Å². The molecule has 0 aliphatic heterocycles. The number of nitrogens with zero attached hydrogens (tertiary/aromatic N) is 1. The van der Waals surface area contributed by atoms with Crippen molar-refractivity contribution in [3.8, 4) is 11.8 Å². The normalized spacial score (nSPS) is 15.6. The molecule has 1 saturated carbocycles. The third kappa shape index (κ3) is 5.10. The molecule has 0 amide bonds. The maximum atomic E-state index is 15.2. The average molecular weight is 431 g/mol. The van der Waals surface area contributed by atoms with Crippen LogP contribution in [0.3, 0.4) is 0 Å². The fourth-order valence-corrected chi connectivity index (χ4v) is 4.17. The summed E-state index contributed by atoms with van der Waals surface area (Å²) in [6.07, 6.45) is 3.72. The van der Waals surface area contributed by atoms with E-state index in [1.54, 1.807) is 12.1 Å². The first kappa shape index (κ1) is 22.9. The van der Waals surface area contributed by atoms with E-state index in [2.05, 4.69) is 0 Å². The molecule has 1 aliphatic rings. The van der Waals surface area contributed by atoms with Crippen LogP contribution in [0.5, 0.6) is 5.75 Å². The van der Waals surface area contributed by atoms with E-state index in [-0.39, 0.29) is 11.5 Å². The minimum atomic E-state index is -3.79. The van der Waals surface area contributed by atoms with Crippen molar-refractivity contribution in [3.63, 3.8) is 0 Å². The number of ether oxygens (including phenoxy) is 1. The van der Waals surface area contributed by atoms with Crippen molar-refractivity contribution in [1.29, 1.82) is 5.26 Å². The second kappa shape index (κ2) is 9.55. The zero-order chi connectivity index (χ0) is 22.6. The quantitative estimate of drug-likeness (QED) is 0.437. The number of hydrogen-bond acceptors (Lipinski definition) is 2. The van der Waals surface area contributed by atoms with Crippen LogP contribution in [-0.4, -0.2) is 0 Å². The molecule has 0 aromatic heterocycles.